The fraction of sp³-hybridized carbons (Fsp3) is 0.462. The lowest BCUT2D eigenvalue weighted by Gasteiger charge is -2.26. The fourth-order valence-electron chi connectivity index (χ4n) is 1.76. The highest BCUT2D eigenvalue weighted by Gasteiger charge is 2.21. The lowest BCUT2D eigenvalue weighted by molar-refractivity contribution is 0.476. The maximum absolute atomic E-state index is 11.2. The third-order valence-corrected chi connectivity index (χ3v) is 3.47. The molecule has 19 heavy (non-hydrogen) atoms. The van der Waals surface area contributed by atoms with Crippen LogP contribution in [-0.4, -0.2) is 26.8 Å². The van der Waals surface area contributed by atoms with Crippen molar-refractivity contribution in [3.63, 3.8) is 0 Å². The van der Waals surface area contributed by atoms with Crippen molar-refractivity contribution in [3.8, 4) is 6.07 Å². The van der Waals surface area contributed by atoms with Gasteiger partial charge in [0.05, 0.1) is 17.9 Å². The van der Waals surface area contributed by atoms with Crippen LogP contribution in [0.15, 0.2) is 18.2 Å². The van der Waals surface area contributed by atoms with E-state index < -0.39 is 15.6 Å². The Balaban J connectivity index is 2.72. The summed E-state index contributed by atoms with van der Waals surface area (Å²) in [4.78, 5) is 0. The van der Waals surface area contributed by atoms with Gasteiger partial charge in [0.1, 0.15) is 0 Å². The van der Waals surface area contributed by atoms with Crippen LogP contribution < -0.4 is 10.0 Å². The minimum atomic E-state index is -3.24. The Labute approximate surface area is 114 Å². The standard InChI is InChI=1S/C13H19N3O2S/c1-10-7-12(6-5-11(10)8-14)15-9-13(2,3)16-19(4,17)18/h5-7,15-16H,9H2,1-4H3. The lowest BCUT2D eigenvalue weighted by Crippen LogP contribution is -2.47. The Kier molecular flexibility index (Phi) is 4.56. The number of nitriles is 1. The summed E-state index contributed by atoms with van der Waals surface area (Å²) in [5.74, 6) is 0. The molecule has 0 aromatic heterocycles. The summed E-state index contributed by atoms with van der Waals surface area (Å²) < 4.78 is 25.0. The molecule has 0 aliphatic heterocycles. The highest BCUT2D eigenvalue weighted by Crippen LogP contribution is 2.15. The van der Waals surface area contributed by atoms with E-state index in [4.69, 9.17) is 5.26 Å². The molecule has 6 heteroatoms. The maximum Gasteiger partial charge on any atom is 0.209 e. The predicted molar refractivity (Wildman–Crippen MR) is 76.4 cm³/mol. The molecule has 2 N–H and O–H groups in total. The quantitative estimate of drug-likeness (QED) is 0.859. The average molecular weight is 281 g/mol. The zero-order chi connectivity index (χ0) is 14.7. The van der Waals surface area contributed by atoms with E-state index in [1.54, 1.807) is 19.9 Å². The van der Waals surface area contributed by atoms with Gasteiger partial charge in [-0.1, -0.05) is 0 Å². The molecule has 104 valence electrons. The first-order valence-corrected chi connectivity index (χ1v) is 7.76. The zero-order valence-electron chi connectivity index (χ0n) is 11.6. The second kappa shape index (κ2) is 5.59. The van der Waals surface area contributed by atoms with E-state index in [-0.39, 0.29) is 0 Å². The summed E-state index contributed by atoms with van der Waals surface area (Å²) in [6.45, 7) is 5.92. The lowest BCUT2D eigenvalue weighted by atomic mass is 10.1. The van der Waals surface area contributed by atoms with Gasteiger partial charge in [-0.2, -0.15) is 5.26 Å². The van der Waals surface area contributed by atoms with Gasteiger partial charge in [0, 0.05) is 17.8 Å². The van der Waals surface area contributed by atoms with Gasteiger partial charge in [-0.05, 0) is 44.5 Å². The smallest absolute Gasteiger partial charge is 0.209 e. The van der Waals surface area contributed by atoms with Gasteiger partial charge >= 0.3 is 0 Å². The summed E-state index contributed by atoms with van der Waals surface area (Å²) in [5.41, 5.74) is 1.80. The van der Waals surface area contributed by atoms with E-state index in [9.17, 15) is 8.42 Å². The van der Waals surface area contributed by atoms with Gasteiger partial charge in [0.25, 0.3) is 0 Å². The molecule has 0 spiro atoms. The molecule has 1 aromatic carbocycles. The maximum atomic E-state index is 11.2. The molecule has 0 fully saturated rings. The van der Waals surface area contributed by atoms with Crippen LogP contribution in [0.2, 0.25) is 0 Å². The van der Waals surface area contributed by atoms with Crippen molar-refractivity contribution in [3.05, 3.63) is 29.3 Å². The van der Waals surface area contributed by atoms with Crippen molar-refractivity contribution in [2.45, 2.75) is 26.3 Å². The largest absolute Gasteiger partial charge is 0.383 e. The Morgan fingerprint density at radius 2 is 2.00 bits per heavy atom. The Bertz CT molecular complexity index is 601. The molecule has 1 aromatic rings. The molecular formula is C13H19N3O2S. The number of sulfonamides is 1. The summed E-state index contributed by atoms with van der Waals surface area (Å²) in [7, 11) is -3.24. The zero-order valence-corrected chi connectivity index (χ0v) is 12.4. The fourth-order valence-corrected chi connectivity index (χ4v) is 2.84. The van der Waals surface area contributed by atoms with Crippen LogP contribution in [0.1, 0.15) is 25.0 Å². The molecule has 0 unspecified atom stereocenters. The molecule has 0 heterocycles. The van der Waals surface area contributed by atoms with Crippen LogP contribution in [0.3, 0.4) is 0 Å². The normalized spacial score (nSPS) is 11.9. The van der Waals surface area contributed by atoms with Gasteiger partial charge in [-0.25, -0.2) is 13.1 Å². The topological polar surface area (TPSA) is 82.0 Å². The van der Waals surface area contributed by atoms with E-state index in [1.165, 1.54) is 0 Å². The Morgan fingerprint density at radius 1 is 1.37 bits per heavy atom. The van der Waals surface area contributed by atoms with Crippen LogP contribution in [0, 0.1) is 18.3 Å². The van der Waals surface area contributed by atoms with Crippen molar-refractivity contribution in [2.24, 2.45) is 0 Å². The van der Waals surface area contributed by atoms with Gasteiger partial charge in [0.15, 0.2) is 0 Å². The molecule has 0 radical (unpaired) electrons. The SMILES string of the molecule is Cc1cc(NCC(C)(C)NS(C)(=O)=O)ccc1C#N. The second-order valence-electron chi connectivity index (χ2n) is 5.25. The van der Waals surface area contributed by atoms with E-state index in [2.05, 4.69) is 16.1 Å². The molecule has 0 bridgehead atoms. The van der Waals surface area contributed by atoms with Crippen LogP contribution in [0.25, 0.3) is 0 Å². The number of hydrogen-bond donors (Lipinski definition) is 2. The van der Waals surface area contributed by atoms with Crippen molar-refractivity contribution in [1.82, 2.24) is 4.72 Å². The van der Waals surface area contributed by atoms with Gasteiger partial charge in [-0.3, -0.25) is 0 Å². The number of hydrogen-bond acceptors (Lipinski definition) is 4. The average Bonchev–Trinajstić information content (AvgIpc) is 2.23. The minimum absolute atomic E-state index is 0.450. The van der Waals surface area contributed by atoms with Crippen molar-refractivity contribution in [2.75, 3.05) is 18.1 Å². The van der Waals surface area contributed by atoms with Gasteiger partial charge in [0.2, 0.25) is 10.0 Å². The van der Waals surface area contributed by atoms with E-state index >= 15 is 0 Å². The molecular weight excluding hydrogens is 262 g/mol. The second-order valence-corrected chi connectivity index (χ2v) is 7.00. The molecule has 0 aliphatic rings. The van der Waals surface area contributed by atoms with E-state index in [0.29, 0.717) is 12.1 Å². The highest BCUT2D eigenvalue weighted by atomic mass is 32.2. The van der Waals surface area contributed by atoms with Gasteiger partial charge in [-0.15, -0.1) is 0 Å². The first kappa shape index (κ1) is 15.5. The van der Waals surface area contributed by atoms with E-state index in [0.717, 1.165) is 17.5 Å². The van der Waals surface area contributed by atoms with E-state index in [1.807, 2.05) is 19.1 Å². The molecule has 0 aliphatic carbocycles. The van der Waals surface area contributed by atoms with Crippen molar-refractivity contribution in [1.29, 1.82) is 5.26 Å². The Morgan fingerprint density at radius 3 is 2.47 bits per heavy atom. The molecule has 0 saturated heterocycles. The Hall–Kier alpha value is -1.58. The van der Waals surface area contributed by atoms with Crippen LogP contribution >= 0.6 is 0 Å². The highest BCUT2D eigenvalue weighted by molar-refractivity contribution is 7.88. The molecule has 0 atom stereocenters. The number of rotatable bonds is 5. The number of aryl methyl sites for hydroxylation is 1. The first-order valence-electron chi connectivity index (χ1n) is 5.86. The number of nitrogens with one attached hydrogen (secondary N) is 2. The van der Waals surface area contributed by atoms with Crippen LogP contribution in [0.5, 0.6) is 0 Å². The summed E-state index contributed by atoms with van der Waals surface area (Å²) in [6.07, 6.45) is 1.14. The van der Waals surface area contributed by atoms with Crippen molar-refractivity contribution < 1.29 is 8.42 Å². The van der Waals surface area contributed by atoms with Crippen molar-refractivity contribution >= 4 is 15.7 Å². The summed E-state index contributed by atoms with van der Waals surface area (Å²) >= 11 is 0. The third-order valence-electron chi connectivity index (χ3n) is 2.54. The van der Waals surface area contributed by atoms with Crippen LogP contribution in [0.4, 0.5) is 5.69 Å². The number of benzene rings is 1. The molecule has 5 nitrogen and oxygen atoms in total. The van der Waals surface area contributed by atoms with Gasteiger partial charge < -0.3 is 5.32 Å². The minimum Gasteiger partial charge on any atom is -0.383 e. The first-order chi connectivity index (χ1) is 8.63. The number of nitrogens with zero attached hydrogens (tertiary/aromatic N) is 1. The summed E-state index contributed by atoms with van der Waals surface area (Å²) in [6, 6.07) is 7.53. The molecule has 0 amide bonds. The summed E-state index contributed by atoms with van der Waals surface area (Å²) in [5, 5.41) is 12.0. The monoisotopic (exact) mass is 281 g/mol. The molecule has 1 rings (SSSR count). The van der Waals surface area contributed by atoms with Crippen LogP contribution in [-0.2, 0) is 10.0 Å². The molecule has 0 saturated carbocycles. The number of anilines is 1. The third kappa shape index (κ3) is 5.28. The predicted octanol–water partition coefficient (Wildman–Crippen LogP) is 1.61.